The van der Waals surface area contributed by atoms with Crippen LogP contribution >= 0.6 is 0 Å². The molecule has 2 N–H and O–H groups in total. The van der Waals surface area contributed by atoms with Crippen LogP contribution in [0.2, 0.25) is 0 Å². The van der Waals surface area contributed by atoms with Gasteiger partial charge >= 0.3 is 0 Å². The minimum Gasteiger partial charge on any atom is -0.366 e. The number of aliphatic hydroxyl groups is 1. The van der Waals surface area contributed by atoms with Crippen molar-refractivity contribution >= 4 is 23.2 Å². The first-order valence-corrected chi connectivity index (χ1v) is 9.07. The monoisotopic (exact) mass is 372 g/mol. The maximum absolute atomic E-state index is 13.2. The summed E-state index contributed by atoms with van der Waals surface area (Å²) in [4.78, 5) is 25.8. The van der Waals surface area contributed by atoms with Crippen molar-refractivity contribution in [2.75, 3.05) is 10.2 Å². The molecule has 0 aromatic heterocycles. The van der Waals surface area contributed by atoms with Gasteiger partial charge in [-0.1, -0.05) is 48.5 Å². The number of hydrogen-bond donors (Lipinski definition) is 2. The second-order valence-electron chi connectivity index (χ2n) is 6.89. The summed E-state index contributed by atoms with van der Waals surface area (Å²) in [5.41, 5.74) is 1.71. The predicted molar refractivity (Wildman–Crippen MR) is 108 cm³/mol. The smallest absolute Gasteiger partial charge is 0.261 e. The Kier molecular flexibility index (Phi) is 4.45. The van der Waals surface area contributed by atoms with Gasteiger partial charge in [-0.15, -0.1) is 0 Å². The van der Waals surface area contributed by atoms with Crippen molar-refractivity contribution in [1.82, 2.24) is 0 Å². The van der Waals surface area contributed by atoms with Gasteiger partial charge in [-0.3, -0.25) is 14.5 Å². The first kappa shape index (κ1) is 17.9. The highest BCUT2D eigenvalue weighted by Crippen LogP contribution is 2.42. The van der Waals surface area contributed by atoms with Crippen LogP contribution in [0.15, 0.2) is 78.9 Å². The molecule has 0 aliphatic carbocycles. The molecule has 28 heavy (non-hydrogen) atoms. The summed E-state index contributed by atoms with van der Waals surface area (Å²) in [6.07, 6.45) is 0.268. The molecule has 0 fully saturated rings. The normalized spacial score (nSPS) is 18.1. The predicted octanol–water partition coefficient (Wildman–Crippen LogP) is 3.69. The summed E-state index contributed by atoms with van der Waals surface area (Å²) in [6, 6.07) is 23.6. The molecule has 1 heterocycles. The Morgan fingerprint density at radius 3 is 2.29 bits per heavy atom. The van der Waals surface area contributed by atoms with Gasteiger partial charge in [0.2, 0.25) is 5.91 Å². The number of hydrogen-bond acceptors (Lipinski definition) is 3. The first-order valence-electron chi connectivity index (χ1n) is 9.07. The van der Waals surface area contributed by atoms with Gasteiger partial charge in [-0.25, -0.2) is 0 Å². The van der Waals surface area contributed by atoms with Gasteiger partial charge in [0.05, 0.1) is 0 Å². The van der Waals surface area contributed by atoms with E-state index in [0.29, 0.717) is 22.5 Å². The lowest BCUT2D eigenvalue weighted by Crippen LogP contribution is -2.45. The van der Waals surface area contributed by atoms with Crippen molar-refractivity contribution in [2.45, 2.75) is 19.1 Å². The quantitative estimate of drug-likeness (QED) is 0.734. The zero-order valence-electron chi connectivity index (χ0n) is 15.4. The van der Waals surface area contributed by atoms with Crippen molar-refractivity contribution in [3.63, 3.8) is 0 Å². The van der Waals surface area contributed by atoms with E-state index in [4.69, 9.17) is 0 Å². The molecule has 4 rings (SSSR count). The fourth-order valence-electron chi connectivity index (χ4n) is 3.71. The third kappa shape index (κ3) is 3.06. The first-order chi connectivity index (χ1) is 13.5. The number of nitrogens with one attached hydrogen (secondary N) is 1. The molecule has 0 saturated carbocycles. The zero-order chi connectivity index (χ0) is 19.7. The van der Waals surface area contributed by atoms with Gasteiger partial charge in [-0.2, -0.15) is 0 Å². The third-order valence-corrected chi connectivity index (χ3v) is 4.90. The van der Waals surface area contributed by atoms with E-state index >= 15 is 0 Å². The fraction of sp³-hybridized carbons (Fsp3) is 0.130. The Morgan fingerprint density at radius 1 is 0.964 bits per heavy atom. The van der Waals surface area contributed by atoms with Crippen molar-refractivity contribution in [2.24, 2.45) is 0 Å². The van der Waals surface area contributed by atoms with E-state index in [0.717, 1.165) is 5.56 Å². The van der Waals surface area contributed by atoms with Gasteiger partial charge in [0.25, 0.3) is 5.91 Å². The highest BCUT2D eigenvalue weighted by atomic mass is 16.3. The van der Waals surface area contributed by atoms with E-state index in [1.165, 1.54) is 11.8 Å². The average molecular weight is 372 g/mol. The molecule has 5 heteroatoms. The molecule has 0 radical (unpaired) electrons. The molecule has 3 aromatic rings. The third-order valence-electron chi connectivity index (χ3n) is 4.90. The van der Waals surface area contributed by atoms with Gasteiger partial charge in [-0.05, 0) is 35.9 Å². The molecule has 140 valence electrons. The summed E-state index contributed by atoms with van der Waals surface area (Å²) in [6.45, 7) is 1.44. The van der Waals surface area contributed by atoms with Crippen LogP contribution in [0.25, 0.3) is 0 Å². The number of rotatable bonds is 4. The summed E-state index contributed by atoms with van der Waals surface area (Å²) in [7, 11) is 0. The Labute approximate surface area is 163 Å². The average Bonchev–Trinajstić information content (AvgIpc) is 2.90. The van der Waals surface area contributed by atoms with Crippen LogP contribution in [0.1, 0.15) is 28.4 Å². The summed E-state index contributed by atoms with van der Waals surface area (Å²) in [5.74, 6) is -0.417. The minimum atomic E-state index is -1.50. The van der Waals surface area contributed by atoms with E-state index in [2.05, 4.69) is 5.32 Å². The number of anilines is 2. The van der Waals surface area contributed by atoms with Crippen LogP contribution in [-0.4, -0.2) is 16.9 Å². The highest BCUT2D eigenvalue weighted by Gasteiger charge is 2.49. The topological polar surface area (TPSA) is 69.6 Å². The molecule has 2 amide bonds. The largest absolute Gasteiger partial charge is 0.366 e. The molecule has 3 aromatic carbocycles. The Hall–Kier alpha value is -3.44. The highest BCUT2D eigenvalue weighted by molar-refractivity contribution is 6.11. The Bertz CT molecular complexity index is 1030. The lowest BCUT2D eigenvalue weighted by molar-refractivity contribution is -0.114. The van der Waals surface area contributed by atoms with E-state index in [9.17, 15) is 14.7 Å². The summed E-state index contributed by atoms with van der Waals surface area (Å²) in [5, 5.41) is 14.4. The van der Waals surface area contributed by atoms with Gasteiger partial charge in [0.15, 0.2) is 5.72 Å². The lowest BCUT2D eigenvalue weighted by atomic mass is 9.94. The molecule has 5 nitrogen and oxygen atoms in total. The fourth-order valence-corrected chi connectivity index (χ4v) is 3.71. The summed E-state index contributed by atoms with van der Waals surface area (Å²) >= 11 is 0. The molecule has 0 unspecified atom stereocenters. The van der Waals surface area contributed by atoms with Crippen molar-refractivity contribution in [3.8, 4) is 0 Å². The zero-order valence-corrected chi connectivity index (χ0v) is 15.4. The van der Waals surface area contributed by atoms with Crippen molar-refractivity contribution < 1.29 is 14.7 Å². The van der Waals surface area contributed by atoms with Crippen LogP contribution in [0, 0.1) is 0 Å². The molecule has 0 bridgehead atoms. The number of amides is 2. The Morgan fingerprint density at radius 2 is 1.61 bits per heavy atom. The van der Waals surface area contributed by atoms with E-state index in [1.54, 1.807) is 42.5 Å². The number of carbonyl (C=O) groups is 2. The molecule has 1 aliphatic heterocycles. The van der Waals surface area contributed by atoms with Gasteiger partial charge < -0.3 is 10.4 Å². The van der Waals surface area contributed by atoms with E-state index < -0.39 is 5.72 Å². The maximum atomic E-state index is 13.2. The van der Waals surface area contributed by atoms with E-state index in [-0.39, 0.29) is 18.2 Å². The molecule has 0 saturated heterocycles. The number of fused-ring (bicyclic) bond motifs is 1. The SMILES string of the molecule is CC(=O)Nc1ccc(N2C(=O)c3ccccc3[C@]2(O)Cc2ccccc2)cc1. The van der Waals surface area contributed by atoms with Crippen molar-refractivity contribution in [3.05, 3.63) is 95.6 Å². The number of benzene rings is 3. The molecular formula is C23H20N2O3. The molecule has 0 spiro atoms. The van der Waals surface area contributed by atoms with Crippen molar-refractivity contribution in [1.29, 1.82) is 0 Å². The second kappa shape index (κ2) is 6.94. The minimum absolute atomic E-state index is 0.169. The van der Waals surface area contributed by atoms with Crippen LogP contribution in [0.5, 0.6) is 0 Å². The maximum Gasteiger partial charge on any atom is 0.261 e. The molecular weight excluding hydrogens is 352 g/mol. The second-order valence-corrected chi connectivity index (χ2v) is 6.89. The molecule has 1 aliphatic rings. The van der Waals surface area contributed by atoms with Gasteiger partial charge in [0.1, 0.15) is 0 Å². The Balaban J connectivity index is 1.78. The van der Waals surface area contributed by atoms with Crippen LogP contribution in [-0.2, 0) is 16.9 Å². The number of nitrogens with zero attached hydrogens (tertiary/aromatic N) is 1. The van der Waals surface area contributed by atoms with Crippen LogP contribution in [0.4, 0.5) is 11.4 Å². The van der Waals surface area contributed by atoms with Gasteiger partial charge in [0, 0.05) is 35.8 Å². The molecule has 1 atom stereocenters. The number of carbonyl (C=O) groups excluding carboxylic acids is 2. The van der Waals surface area contributed by atoms with E-state index in [1.807, 2.05) is 36.4 Å². The standard InChI is InChI=1S/C23H20N2O3/c1-16(26)24-18-11-13-19(14-12-18)25-22(27)20-9-5-6-10-21(20)23(25,28)15-17-7-3-2-4-8-17/h2-14,28H,15H2,1H3,(H,24,26)/t23-/m1/s1. The summed E-state index contributed by atoms with van der Waals surface area (Å²) < 4.78 is 0. The van der Waals surface area contributed by atoms with Crippen LogP contribution in [0.3, 0.4) is 0 Å². The lowest BCUT2D eigenvalue weighted by Gasteiger charge is -2.34. The van der Waals surface area contributed by atoms with Crippen LogP contribution < -0.4 is 10.2 Å².